The summed E-state index contributed by atoms with van der Waals surface area (Å²) in [6, 6.07) is 0. The molecule has 21 heavy (non-hydrogen) atoms. The van der Waals surface area contributed by atoms with Gasteiger partial charge in [-0.15, -0.1) is 0 Å². The second-order valence-corrected chi connectivity index (χ2v) is 8.63. The van der Waals surface area contributed by atoms with Crippen LogP contribution >= 0.6 is 0 Å². The van der Waals surface area contributed by atoms with Gasteiger partial charge in [-0.25, -0.2) is 0 Å². The van der Waals surface area contributed by atoms with Crippen LogP contribution in [0.1, 0.15) is 79.6 Å². The van der Waals surface area contributed by atoms with Gasteiger partial charge in [-0.2, -0.15) is 0 Å². The van der Waals surface area contributed by atoms with Gasteiger partial charge in [0, 0.05) is 18.4 Å². The summed E-state index contributed by atoms with van der Waals surface area (Å²) in [6.45, 7) is 11.1. The van der Waals surface area contributed by atoms with Crippen LogP contribution in [0.25, 0.3) is 0 Å². The van der Waals surface area contributed by atoms with Gasteiger partial charge in [-0.05, 0) is 59.3 Å². The number of nitrogens with two attached hydrogens (primary N) is 1. The summed E-state index contributed by atoms with van der Waals surface area (Å²) in [4.78, 5) is 0. The minimum absolute atomic E-state index is 0.186. The molecule has 0 aromatic carbocycles. The topological polar surface area (TPSA) is 55.5 Å². The molecule has 2 fully saturated rings. The predicted octanol–water partition coefficient (Wildman–Crippen LogP) is 3.63. The third-order valence-electron chi connectivity index (χ3n) is 6.24. The van der Waals surface area contributed by atoms with Crippen LogP contribution in [-0.4, -0.2) is 28.5 Å². The van der Waals surface area contributed by atoms with E-state index in [-0.39, 0.29) is 11.0 Å². The van der Waals surface area contributed by atoms with Crippen LogP contribution in [0.15, 0.2) is 0 Å². The van der Waals surface area contributed by atoms with Gasteiger partial charge in [0.2, 0.25) is 0 Å². The Hall–Kier alpha value is -0.120. The molecule has 0 aromatic rings. The fraction of sp³-hybridized carbons (Fsp3) is 1.00. The van der Waals surface area contributed by atoms with Crippen LogP contribution in [0.3, 0.4) is 0 Å². The highest BCUT2D eigenvalue weighted by molar-refractivity contribution is 5.16. The summed E-state index contributed by atoms with van der Waals surface area (Å²) in [6.07, 6.45) is 7.72. The van der Waals surface area contributed by atoms with Gasteiger partial charge in [0.15, 0.2) is 0 Å². The fourth-order valence-corrected chi connectivity index (χ4v) is 5.18. The number of ether oxygens (including phenoxy) is 1. The van der Waals surface area contributed by atoms with Crippen molar-refractivity contribution in [3.8, 4) is 0 Å². The first-order valence-corrected chi connectivity index (χ1v) is 8.74. The zero-order valence-corrected chi connectivity index (χ0v) is 14.7. The van der Waals surface area contributed by atoms with Crippen LogP contribution in [0.4, 0.5) is 0 Å². The number of hydrogen-bond donors (Lipinski definition) is 2. The molecule has 124 valence electrons. The molecular weight excluding hydrogens is 262 g/mol. The first kappa shape index (κ1) is 17.2. The summed E-state index contributed by atoms with van der Waals surface area (Å²) < 4.78 is 6.20. The van der Waals surface area contributed by atoms with Gasteiger partial charge in [0.1, 0.15) is 5.60 Å². The normalized spacial score (nSPS) is 42.1. The molecule has 3 nitrogen and oxygen atoms in total. The van der Waals surface area contributed by atoms with E-state index < -0.39 is 11.2 Å². The Morgan fingerprint density at radius 3 is 2.10 bits per heavy atom. The summed E-state index contributed by atoms with van der Waals surface area (Å²) in [7, 11) is 0. The standard InChI is InChI=1S/C18H35NO2/c1-6-7-14-8-10-17(13-19,11-9-14)18(20)12-15(2,3)21-16(18,4)5/h14,20H,6-13,19H2,1-5H3. The van der Waals surface area contributed by atoms with E-state index in [2.05, 4.69) is 20.8 Å². The Morgan fingerprint density at radius 1 is 1.14 bits per heavy atom. The highest BCUT2D eigenvalue weighted by Crippen LogP contribution is 2.58. The zero-order chi connectivity index (χ0) is 15.9. The van der Waals surface area contributed by atoms with Crippen LogP contribution in [0.5, 0.6) is 0 Å². The molecule has 2 rings (SSSR count). The van der Waals surface area contributed by atoms with E-state index in [1.54, 1.807) is 0 Å². The summed E-state index contributed by atoms with van der Waals surface area (Å²) in [5.74, 6) is 0.816. The van der Waals surface area contributed by atoms with Crippen molar-refractivity contribution in [1.29, 1.82) is 0 Å². The molecule has 1 aliphatic heterocycles. The van der Waals surface area contributed by atoms with Crippen LogP contribution in [-0.2, 0) is 4.74 Å². The molecule has 1 heterocycles. The van der Waals surface area contributed by atoms with Crippen LogP contribution in [0.2, 0.25) is 0 Å². The Morgan fingerprint density at radius 2 is 1.71 bits per heavy atom. The summed E-state index contributed by atoms with van der Waals surface area (Å²) in [5.41, 5.74) is 4.40. The Balaban J connectivity index is 2.25. The Kier molecular flexibility index (Phi) is 4.52. The zero-order valence-electron chi connectivity index (χ0n) is 14.7. The van der Waals surface area contributed by atoms with Crippen LogP contribution < -0.4 is 5.73 Å². The van der Waals surface area contributed by atoms with Gasteiger partial charge in [-0.3, -0.25) is 0 Å². The van der Waals surface area contributed by atoms with Crippen molar-refractivity contribution in [2.24, 2.45) is 17.1 Å². The molecule has 1 aliphatic carbocycles. The molecule has 3 N–H and O–H groups in total. The summed E-state index contributed by atoms with van der Waals surface area (Å²) >= 11 is 0. The molecule has 0 spiro atoms. The number of aliphatic hydroxyl groups is 1. The highest BCUT2D eigenvalue weighted by Gasteiger charge is 2.65. The number of hydrogen-bond acceptors (Lipinski definition) is 3. The molecule has 0 amide bonds. The molecule has 1 saturated carbocycles. The molecule has 1 unspecified atom stereocenters. The molecule has 1 atom stereocenters. The van der Waals surface area contributed by atoms with Crippen molar-refractivity contribution in [3.63, 3.8) is 0 Å². The third-order valence-corrected chi connectivity index (χ3v) is 6.24. The first-order valence-electron chi connectivity index (χ1n) is 8.74. The smallest absolute Gasteiger partial charge is 0.103 e. The van der Waals surface area contributed by atoms with Gasteiger partial charge in [0.05, 0.1) is 11.2 Å². The number of rotatable bonds is 4. The lowest BCUT2D eigenvalue weighted by Gasteiger charge is -2.53. The lowest BCUT2D eigenvalue weighted by Crippen LogP contribution is -2.62. The highest BCUT2D eigenvalue weighted by atomic mass is 16.5. The van der Waals surface area contributed by atoms with Gasteiger partial charge >= 0.3 is 0 Å². The van der Waals surface area contributed by atoms with E-state index in [0.29, 0.717) is 13.0 Å². The van der Waals surface area contributed by atoms with Gasteiger partial charge < -0.3 is 15.6 Å². The van der Waals surface area contributed by atoms with Crippen molar-refractivity contribution in [2.75, 3.05) is 6.54 Å². The lowest BCUT2D eigenvalue weighted by atomic mass is 9.55. The largest absolute Gasteiger partial charge is 0.386 e. The average Bonchev–Trinajstić information content (AvgIpc) is 2.55. The molecular formula is C18H35NO2. The fourth-order valence-electron chi connectivity index (χ4n) is 5.18. The van der Waals surface area contributed by atoms with E-state index in [0.717, 1.165) is 18.8 Å². The van der Waals surface area contributed by atoms with Crippen LogP contribution in [0, 0.1) is 11.3 Å². The monoisotopic (exact) mass is 297 g/mol. The molecule has 0 bridgehead atoms. The van der Waals surface area contributed by atoms with Gasteiger partial charge in [-0.1, -0.05) is 19.8 Å². The Bertz CT molecular complexity index is 369. The summed E-state index contributed by atoms with van der Waals surface area (Å²) in [5, 5.41) is 11.6. The van der Waals surface area contributed by atoms with E-state index in [1.165, 1.54) is 25.7 Å². The maximum atomic E-state index is 11.6. The van der Waals surface area contributed by atoms with Crippen molar-refractivity contribution >= 4 is 0 Å². The predicted molar refractivity (Wildman–Crippen MR) is 87.2 cm³/mol. The van der Waals surface area contributed by atoms with Crippen molar-refractivity contribution in [3.05, 3.63) is 0 Å². The van der Waals surface area contributed by atoms with E-state index in [4.69, 9.17) is 10.5 Å². The van der Waals surface area contributed by atoms with E-state index >= 15 is 0 Å². The third kappa shape index (κ3) is 2.77. The second-order valence-electron chi connectivity index (χ2n) is 8.63. The SMILES string of the molecule is CCCC1CCC(CN)(C2(O)CC(C)(C)OC2(C)C)CC1. The quantitative estimate of drug-likeness (QED) is 0.833. The van der Waals surface area contributed by atoms with E-state index in [9.17, 15) is 5.11 Å². The molecule has 1 saturated heterocycles. The Labute approximate surface area is 130 Å². The van der Waals surface area contributed by atoms with Crippen molar-refractivity contribution < 1.29 is 9.84 Å². The van der Waals surface area contributed by atoms with Crippen molar-refractivity contribution in [1.82, 2.24) is 0 Å². The lowest BCUT2D eigenvalue weighted by molar-refractivity contribution is -0.187. The van der Waals surface area contributed by atoms with Crippen molar-refractivity contribution in [2.45, 2.75) is 96.4 Å². The van der Waals surface area contributed by atoms with E-state index in [1.807, 2.05) is 13.8 Å². The van der Waals surface area contributed by atoms with Gasteiger partial charge in [0.25, 0.3) is 0 Å². The first-order chi connectivity index (χ1) is 9.61. The minimum Gasteiger partial charge on any atom is -0.386 e. The average molecular weight is 297 g/mol. The molecule has 3 heteroatoms. The molecule has 0 radical (unpaired) electrons. The molecule has 2 aliphatic rings. The maximum Gasteiger partial charge on any atom is 0.103 e. The maximum absolute atomic E-state index is 11.6. The second kappa shape index (κ2) is 5.50. The minimum atomic E-state index is -0.824. The molecule has 0 aromatic heterocycles.